The first kappa shape index (κ1) is 6.58. The van der Waals surface area contributed by atoms with E-state index in [2.05, 4.69) is 0 Å². The molecule has 2 fully saturated rings. The third-order valence-corrected chi connectivity index (χ3v) is 2.60. The molecule has 0 aromatic rings. The molecule has 0 bridgehead atoms. The smallest absolute Gasteiger partial charge is 0.143 e. The molecule has 0 unspecified atom stereocenters. The highest BCUT2D eigenvalue weighted by Crippen LogP contribution is 2.47. The Morgan fingerprint density at radius 2 is 2.30 bits per heavy atom. The van der Waals surface area contributed by atoms with E-state index in [9.17, 15) is 5.11 Å². The second kappa shape index (κ2) is 1.94. The average molecular weight is 144 g/mol. The minimum Gasteiger partial charge on any atom is -0.393 e. The summed E-state index contributed by atoms with van der Waals surface area (Å²) in [6, 6.07) is 0. The normalized spacial score (nSPS) is 52.2. The Balaban J connectivity index is 2.09. The predicted octanol–water partition coefficient (Wildman–Crippen LogP) is -0.339. The summed E-state index contributed by atoms with van der Waals surface area (Å²) in [5.74, 6) is 0. The summed E-state index contributed by atoms with van der Waals surface area (Å²) >= 11 is 0. The van der Waals surface area contributed by atoms with Gasteiger partial charge in [0, 0.05) is 0 Å². The molecule has 1 aliphatic heterocycles. The van der Waals surface area contributed by atoms with Crippen molar-refractivity contribution in [1.82, 2.24) is 0 Å². The van der Waals surface area contributed by atoms with Gasteiger partial charge in [0.05, 0.1) is 18.8 Å². The zero-order valence-corrected chi connectivity index (χ0v) is 5.79. The number of aliphatic hydroxyl groups is 2. The molecule has 58 valence electrons. The van der Waals surface area contributed by atoms with E-state index in [1.165, 1.54) is 0 Å². The molecule has 2 aliphatic rings. The molecule has 10 heavy (non-hydrogen) atoms. The van der Waals surface area contributed by atoms with Gasteiger partial charge in [-0.25, -0.2) is 0 Å². The molecule has 3 nitrogen and oxygen atoms in total. The van der Waals surface area contributed by atoms with E-state index < -0.39 is 11.7 Å². The molecule has 3 atom stereocenters. The summed E-state index contributed by atoms with van der Waals surface area (Å²) in [5, 5.41) is 18.3. The van der Waals surface area contributed by atoms with Crippen LogP contribution in [-0.4, -0.2) is 34.6 Å². The summed E-state index contributed by atoms with van der Waals surface area (Å²) in [6.07, 6.45) is 2.50. The molecule has 0 spiro atoms. The van der Waals surface area contributed by atoms with Crippen molar-refractivity contribution < 1.29 is 14.9 Å². The standard InChI is InChI=1S/C7H12O3/c8-4-7-5(9)2-1-3-6(7)10-7/h5-6,8-9H,1-4H2/t5-,6+,7-/m1/s1. The lowest BCUT2D eigenvalue weighted by molar-refractivity contribution is 0.0284. The molecule has 1 saturated carbocycles. The van der Waals surface area contributed by atoms with Crippen molar-refractivity contribution in [1.29, 1.82) is 0 Å². The maximum Gasteiger partial charge on any atom is 0.143 e. The van der Waals surface area contributed by atoms with Crippen LogP contribution in [0, 0.1) is 0 Å². The zero-order valence-electron chi connectivity index (χ0n) is 5.79. The fraction of sp³-hybridized carbons (Fsp3) is 1.00. The van der Waals surface area contributed by atoms with Gasteiger partial charge >= 0.3 is 0 Å². The van der Waals surface area contributed by atoms with E-state index in [4.69, 9.17) is 9.84 Å². The average Bonchev–Trinajstić information content (AvgIpc) is 2.65. The Bertz CT molecular complexity index is 148. The van der Waals surface area contributed by atoms with Crippen LogP contribution in [-0.2, 0) is 4.74 Å². The molecule has 2 N–H and O–H groups in total. The predicted molar refractivity (Wildman–Crippen MR) is 34.5 cm³/mol. The topological polar surface area (TPSA) is 53.0 Å². The van der Waals surface area contributed by atoms with Crippen LogP contribution in [0.4, 0.5) is 0 Å². The fourth-order valence-electron chi connectivity index (χ4n) is 1.81. The van der Waals surface area contributed by atoms with Crippen molar-refractivity contribution in [3.63, 3.8) is 0 Å². The van der Waals surface area contributed by atoms with Gasteiger partial charge in [0.25, 0.3) is 0 Å². The van der Waals surface area contributed by atoms with E-state index in [0.29, 0.717) is 0 Å². The first-order valence-electron chi connectivity index (χ1n) is 3.76. The Morgan fingerprint density at radius 1 is 1.50 bits per heavy atom. The van der Waals surface area contributed by atoms with Gasteiger partial charge in [0.1, 0.15) is 5.60 Å². The molecule has 0 amide bonds. The first-order chi connectivity index (χ1) is 4.79. The van der Waals surface area contributed by atoms with E-state index in [-0.39, 0.29) is 12.7 Å². The van der Waals surface area contributed by atoms with Crippen LogP contribution in [0.25, 0.3) is 0 Å². The van der Waals surface area contributed by atoms with Crippen LogP contribution in [0.15, 0.2) is 0 Å². The second-order valence-electron chi connectivity index (χ2n) is 3.17. The summed E-state index contributed by atoms with van der Waals surface area (Å²) < 4.78 is 5.23. The summed E-state index contributed by atoms with van der Waals surface area (Å²) in [4.78, 5) is 0. The number of hydrogen-bond acceptors (Lipinski definition) is 3. The number of fused-ring (bicyclic) bond motifs is 1. The van der Waals surface area contributed by atoms with E-state index >= 15 is 0 Å². The van der Waals surface area contributed by atoms with Crippen molar-refractivity contribution in [2.75, 3.05) is 6.61 Å². The van der Waals surface area contributed by atoms with Crippen LogP contribution < -0.4 is 0 Å². The fourth-order valence-corrected chi connectivity index (χ4v) is 1.81. The quantitative estimate of drug-likeness (QED) is 0.495. The number of hydrogen-bond donors (Lipinski definition) is 2. The van der Waals surface area contributed by atoms with Gasteiger partial charge in [-0.05, 0) is 19.3 Å². The summed E-state index contributed by atoms with van der Waals surface area (Å²) in [6.45, 7) is -0.0289. The molecule has 1 saturated heterocycles. The molecule has 3 heteroatoms. The molecule has 1 heterocycles. The SMILES string of the molecule is OC[C@]12O[C@H]1CCC[C@H]2O. The van der Waals surface area contributed by atoms with Crippen LogP contribution >= 0.6 is 0 Å². The highest BCUT2D eigenvalue weighted by atomic mass is 16.6. The van der Waals surface area contributed by atoms with Crippen LogP contribution in [0.2, 0.25) is 0 Å². The lowest BCUT2D eigenvalue weighted by Gasteiger charge is -2.21. The number of rotatable bonds is 1. The van der Waals surface area contributed by atoms with E-state index in [1.807, 2.05) is 0 Å². The Kier molecular flexibility index (Phi) is 1.27. The molecular weight excluding hydrogens is 132 g/mol. The Hall–Kier alpha value is -0.120. The van der Waals surface area contributed by atoms with Crippen molar-refractivity contribution in [3.8, 4) is 0 Å². The lowest BCUT2D eigenvalue weighted by Crippen LogP contribution is -2.38. The highest BCUT2D eigenvalue weighted by Gasteiger charge is 2.62. The Labute approximate surface area is 59.6 Å². The monoisotopic (exact) mass is 144 g/mol. The van der Waals surface area contributed by atoms with Gasteiger partial charge in [-0.3, -0.25) is 0 Å². The number of epoxide rings is 1. The second-order valence-corrected chi connectivity index (χ2v) is 3.17. The van der Waals surface area contributed by atoms with Gasteiger partial charge in [-0.1, -0.05) is 0 Å². The van der Waals surface area contributed by atoms with Crippen molar-refractivity contribution in [3.05, 3.63) is 0 Å². The van der Waals surface area contributed by atoms with Gasteiger partial charge in [-0.15, -0.1) is 0 Å². The molecular formula is C7H12O3. The maximum atomic E-state index is 9.38. The van der Waals surface area contributed by atoms with Crippen molar-refractivity contribution >= 4 is 0 Å². The molecule has 0 radical (unpaired) electrons. The van der Waals surface area contributed by atoms with Crippen LogP contribution in [0.3, 0.4) is 0 Å². The van der Waals surface area contributed by atoms with Crippen molar-refractivity contribution in [2.24, 2.45) is 0 Å². The molecule has 1 aliphatic carbocycles. The van der Waals surface area contributed by atoms with E-state index in [0.717, 1.165) is 19.3 Å². The van der Waals surface area contributed by atoms with Gasteiger partial charge < -0.3 is 14.9 Å². The van der Waals surface area contributed by atoms with Crippen molar-refractivity contribution in [2.45, 2.75) is 37.1 Å². The van der Waals surface area contributed by atoms with Gasteiger partial charge in [0.2, 0.25) is 0 Å². The Morgan fingerprint density at radius 3 is 2.80 bits per heavy atom. The third kappa shape index (κ3) is 0.654. The summed E-state index contributed by atoms with van der Waals surface area (Å²) in [7, 11) is 0. The number of ether oxygens (including phenoxy) is 1. The van der Waals surface area contributed by atoms with Crippen LogP contribution in [0.5, 0.6) is 0 Å². The van der Waals surface area contributed by atoms with Gasteiger partial charge in [0.15, 0.2) is 0 Å². The third-order valence-electron chi connectivity index (χ3n) is 2.60. The first-order valence-corrected chi connectivity index (χ1v) is 3.76. The highest BCUT2D eigenvalue weighted by molar-refractivity contribution is 5.09. The summed E-state index contributed by atoms with van der Waals surface area (Å²) in [5.41, 5.74) is -0.543. The van der Waals surface area contributed by atoms with Gasteiger partial charge in [-0.2, -0.15) is 0 Å². The zero-order chi connectivity index (χ0) is 7.19. The molecule has 0 aromatic carbocycles. The minimum absolute atomic E-state index is 0.0289. The molecule has 2 rings (SSSR count). The van der Waals surface area contributed by atoms with Crippen LogP contribution in [0.1, 0.15) is 19.3 Å². The lowest BCUT2D eigenvalue weighted by atomic mass is 9.87. The van der Waals surface area contributed by atoms with E-state index in [1.54, 1.807) is 0 Å². The molecule has 0 aromatic heterocycles. The number of aliphatic hydroxyl groups excluding tert-OH is 2. The largest absolute Gasteiger partial charge is 0.393 e. The maximum absolute atomic E-state index is 9.38. The minimum atomic E-state index is -0.543.